The van der Waals surface area contributed by atoms with Crippen LogP contribution in [0.5, 0.6) is 0 Å². The Morgan fingerprint density at radius 2 is 1.58 bits per heavy atom. The smallest absolute Gasteiger partial charge is 0.254 e. The van der Waals surface area contributed by atoms with Gasteiger partial charge >= 0.3 is 0 Å². The molecule has 24 heavy (non-hydrogen) atoms. The molecule has 0 bridgehead atoms. The van der Waals surface area contributed by atoms with E-state index >= 15 is 0 Å². The molecule has 2 aromatic rings. The highest BCUT2D eigenvalue weighted by Gasteiger charge is 2.47. The van der Waals surface area contributed by atoms with E-state index in [0.717, 1.165) is 31.2 Å². The van der Waals surface area contributed by atoms with E-state index in [1.54, 1.807) is 11.0 Å². The molecule has 0 radical (unpaired) electrons. The maximum atomic E-state index is 13.4. The van der Waals surface area contributed by atoms with Crippen LogP contribution in [0, 0.1) is 0 Å². The molecule has 0 unspecified atom stereocenters. The Hall–Kier alpha value is -2.62. The largest absolute Gasteiger partial charge is 0.338 e. The van der Waals surface area contributed by atoms with Crippen LogP contribution in [0.3, 0.4) is 0 Å². The molecule has 0 aromatic heterocycles. The summed E-state index contributed by atoms with van der Waals surface area (Å²) >= 11 is 0. The first-order chi connectivity index (χ1) is 11.7. The molecule has 1 spiro atoms. The molecule has 1 saturated carbocycles. The van der Waals surface area contributed by atoms with Gasteiger partial charge in [0.2, 0.25) is 0 Å². The summed E-state index contributed by atoms with van der Waals surface area (Å²) in [5, 5.41) is 3.05. The summed E-state index contributed by atoms with van der Waals surface area (Å²) < 4.78 is 0. The summed E-state index contributed by atoms with van der Waals surface area (Å²) in [6.07, 6.45) is 3.39. The number of anilines is 1. The second-order valence-electron chi connectivity index (χ2n) is 6.64. The number of hydrogen-bond acceptors (Lipinski definition) is 2. The van der Waals surface area contributed by atoms with Crippen LogP contribution in [-0.4, -0.2) is 17.4 Å². The van der Waals surface area contributed by atoms with E-state index in [1.807, 2.05) is 48.5 Å². The van der Waals surface area contributed by atoms with Crippen molar-refractivity contribution in [3.05, 3.63) is 65.7 Å². The molecule has 0 atom stereocenters. The van der Waals surface area contributed by atoms with Gasteiger partial charge in [-0.05, 0) is 30.5 Å². The van der Waals surface area contributed by atoms with Crippen molar-refractivity contribution in [1.82, 2.24) is 5.32 Å². The van der Waals surface area contributed by atoms with Gasteiger partial charge in [0.25, 0.3) is 11.8 Å². The lowest BCUT2D eigenvalue weighted by Gasteiger charge is -2.32. The summed E-state index contributed by atoms with van der Waals surface area (Å²) in [7, 11) is 0. The minimum Gasteiger partial charge on any atom is -0.338 e. The van der Waals surface area contributed by atoms with Crippen molar-refractivity contribution in [1.29, 1.82) is 0 Å². The van der Waals surface area contributed by atoms with Crippen molar-refractivity contribution in [2.75, 3.05) is 4.90 Å². The average Bonchev–Trinajstić information content (AvgIpc) is 3.07. The van der Waals surface area contributed by atoms with Gasteiger partial charge in [0.15, 0.2) is 0 Å². The molecule has 2 aromatic carbocycles. The standard InChI is InChI=1S/C20H20N2O2/c23-18-16-10-4-5-11-17(16)22(14-15-8-2-1-3-9-15)19(24)20(21-18)12-6-7-13-20/h1-5,8-11H,6-7,12-14H2,(H,21,23). The predicted octanol–water partition coefficient (Wildman–Crippen LogP) is 3.28. The molecule has 1 aliphatic carbocycles. The van der Waals surface area contributed by atoms with E-state index in [1.165, 1.54) is 0 Å². The average molecular weight is 320 g/mol. The van der Waals surface area contributed by atoms with E-state index < -0.39 is 5.54 Å². The number of para-hydroxylation sites is 1. The molecular formula is C20H20N2O2. The van der Waals surface area contributed by atoms with Gasteiger partial charge in [-0.3, -0.25) is 9.59 Å². The van der Waals surface area contributed by atoms with Crippen LogP contribution in [0.15, 0.2) is 54.6 Å². The SMILES string of the molecule is O=C1NC2(CCCC2)C(=O)N(Cc2ccccc2)c2ccccc21. The van der Waals surface area contributed by atoms with E-state index in [9.17, 15) is 9.59 Å². The lowest BCUT2D eigenvalue weighted by Crippen LogP contribution is -2.56. The summed E-state index contributed by atoms with van der Waals surface area (Å²) in [4.78, 5) is 27.9. The lowest BCUT2D eigenvalue weighted by molar-refractivity contribution is -0.124. The van der Waals surface area contributed by atoms with Crippen molar-refractivity contribution in [3.63, 3.8) is 0 Å². The number of amides is 2. The summed E-state index contributed by atoms with van der Waals surface area (Å²) in [6.45, 7) is 0.480. The number of benzene rings is 2. The Morgan fingerprint density at radius 3 is 2.33 bits per heavy atom. The Morgan fingerprint density at radius 1 is 0.917 bits per heavy atom. The number of nitrogens with one attached hydrogen (secondary N) is 1. The summed E-state index contributed by atoms with van der Waals surface area (Å²) in [5.74, 6) is -0.126. The fraction of sp³-hybridized carbons (Fsp3) is 0.300. The minimum atomic E-state index is -0.745. The Bertz CT molecular complexity index is 779. The first kappa shape index (κ1) is 14.9. The fourth-order valence-corrected chi connectivity index (χ4v) is 3.85. The molecule has 2 aliphatic rings. The Labute approximate surface area is 141 Å². The third-order valence-electron chi connectivity index (χ3n) is 5.09. The molecule has 2 amide bonds. The molecule has 4 rings (SSSR count). The van der Waals surface area contributed by atoms with Gasteiger partial charge in [-0.2, -0.15) is 0 Å². The molecule has 1 aliphatic heterocycles. The molecule has 1 fully saturated rings. The Balaban J connectivity index is 1.81. The van der Waals surface area contributed by atoms with Crippen LogP contribution in [0.1, 0.15) is 41.6 Å². The van der Waals surface area contributed by atoms with E-state index in [-0.39, 0.29) is 11.8 Å². The van der Waals surface area contributed by atoms with Gasteiger partial charge in [0.05, 0.1) is 17.8 Å². The van der Waals surface area contributed by atoms with Crippen LogP contribution < -0.4 is 10.2 Å². The zero-order valence-electron chi connectivity index (χ0n) is 13.5. The molecule has 4 heteroatoms. The zero-order valence-corrected chi connectivity index (χ0v) is 13.5. The highest BCUT2D eigenvalue weighted by atomic mass is 16.2. The summed E-state index contributed by atoms with van der Waals surface area (Å²) in [6, 6.07) is 17.3. The molecule has 1 heterocycles. The third kappa shape index (κ3) is 2.39. The van der Waals surface area contributed by atoms with Crippen LogP contribution in [-0.2, 0) is 11.3 Å². The maximum Gasteiger partial charge on any atom is 0.254 e. The Kier molecular flexibility index (Phi) is 3.60. The van der Waals surface area contributed by atoms with Gasteiger partial charge in [0, 0.05) is 0 Å². The number of hydrogen-bond donors (Lipinski definition) is 1. The fourth-order valence-electron chi connectivity index (χ4n) is 3.85. The van der Waals surface area contributed by atoms with E-state index in [4.69, 9.17) is 0 Å². The minimum absolute atomic E-state index is 0.0159. The van der Waals surface area contributed by atoms with Gasteiger partial charge in [-0.25, -0.2) is 0 Å². The van der Waals surface area contributed by atoms with Crippen LogP contribution >= 0.6 is 0 Å². The lowest BCUT2D eigenvalue weighted by atomic mass is 9.95. The third-order valence-corrected chi connectivity index (χ3v) is 5.09. The van der Waals surface area contributed by atoms with E-state index in [0.29, 0.717) is 17.8 Å². The van der Waals surface area contributed by atoms with Crippen molar-refractivity contribution < 1.29 is 9.59 Å². The highest BCUT2D eigenvalue weighted by Crippen LogP contribution is 2.37. The number of nitrogens with zero attached hydrogens (tertiary/aromatic N) is 1. The monoisotopic (exact) mass is 320 g/mol. The number of carbonyl (C=O) groups excluding carboxylic acids is 2. The van der Waals surface area contributed by atoms with Crippen molar-refractivity contribution in [3.8, 4) is 0 Å². The quantitative estimate of drug-likeness (QED) is 0.923. The van der Waals surface area contributed by atoms with Gasteiger partial charge in [0.1, 0.15) is 5.54 Å². The number of fused-ring (bicyclic) bond motifs is 1. The van der Waals surface area contributed by atoms with Crippen LogP contribution in [0.4, 0.5) is 5.69 Å². The maximum absolute atomic E-state index is 13.4. The molecule has 1 N–H and O–H groups in total. The van der Waals surface area contributed by atoms with Gasteiger partial charge in [-0.1, -0.05) is 55.3 Å². The topological polar surface area (TPSA) is 49.4 Å². The highest BCUT2D eigenvalue weighted by molar-refractivity contribution is 6.12. The van der Waals surface area contributed by atoms with Crippen molar-refractivity contribution in [2.24, 2.45) is 0 Å². The summed E-state index contributed by atoms with van der Waals surface area (Å²) in [5.41, 5.74) is 1.59. The molecule has 4 nitrogen and oxygen atoms in total. The molecule has 122 valence electrons. The number of carbonyl (C=O) groups is 2. The molecule has 0 saturated heterocycles. The van der Waals surface area contributed by atoms with Gasteiger partial charge in [-0.15, -0.1) is 0 Å². The normalized spacial score (nSPS) is 19.1. The van der Waals surface area contributed by atoms with Crippen LogP contribution in [0.25, 0.3) is 0 Å². The molecular weight excluding hydrogens is 300 g/mol. The van der Waals surface area contributed by atoms with Crippen LogP contribution in [0.2, 0.25) is 0 Å². The van der Waals surface area contributed by atoms with Gasteiger partial charge < -0.3 is 10.2 Å². The second-order valence-corrected chi connectivity index (χ2v) is 6.64. The second kappa shape index (κ2) is 5.78. The zero-order chi connectivity index (χ0) is 16.6. The number of rotatable bonds is 2. The predicted molar refractivity (Wildman–Crippen MR) is 92.7 cm³/mol. The first-order valence-corrected chi connectivity index (χ1v) is 8.47. The van der Waals surface area contributed by atoms with Crippen molar-refractivity contribution in [2.45, 2.75) is 37.8 Å². The van der Waals surface area contributed by atoms with Crippen molar-refractivity contribution >= 4 is 17.5 Å². The van der Waals surface area contributed by atoms with E-state index in [2.05, 4.69) is 5.32 Å². The first-order valence-electron chi connectivity index (χ1n) is 8.47.